The molecule has 21 heavy (non-hydrogen) atoms. The number of ether oxygens (including phenoxy) is 2. The van der Waals surface area contributed by atoms with E-state index in [9.17, 15) is 9.90 Å². The first-order valence-electron chi connectivity index (χ1n) is 6.43. The van der Waals surface area contributed by atoms with Gasteiger partial charge in [0.25, 0.3) is 0 Å². The Hall–Kier alpha value is -1.31. The highest BCUT2D eigenvalue weighted by atomic mass is 35.5. The monoisotopic (exact) mass is 320 g/mol. The molecule has 0 saturated heterocycles. The number of aryl methyl sites for hydroxylation is 1. The first-order valence-corrected chi connectivity index (χ1v) is 6.81. The fourth-order valence-electron chi connectivity index (χ4n) is 1.88. The van der Waals surface area contributed by atoms with E-state index in [1.807, 2.05) is 0 Å². The van der Waals surface area contributed by atoms with Crippen molar-refractivity contribution in [2.24, 2.45) is 0 Å². The third kappa shape index (κ3) is 3.48. The summed E-state index contributed by atoms with van der Waals surface area (Å²) in [6, 6.07) is 0. The number of rotatable bonds is 6. The largest absolute Gasteiger partial charge is 0.466 e. The quantitative estimate of drug-likeness (QED) is 0.491. The molecule has 0 aromatic carbocycles. The van der Waals surface area contributed by atoms with E-state index in [0.29, 0.717) is 0 Å². The minimum Gasteiger partial charge on any atom is -0.466 e. The van der Waals surface area contributed by atoms with Gasteiger partial charge in [-0.3, -0.25) is 0 Å². The van der Waals surface area contributed by atoms with Crippen LogP contribution in [0.4, 0.5) is 4.39 Å². The van der Waals surface area contributed by atoms with Crippen LogP contribution in [0.1, 0.15) is 43.6 Å². The van der Waals surface area contributed by atoms with Gasteiger partial charge in [-0.05, 0) is 20.3 Å². The van der Waals surface area contributed by atoms with Crippen molar-refractivity contribution in [3.05, 3.63) is 22.2 Å². The standard InChI is InChI=1S/C13H18ClFN2O4/c1-5-13(15,12(19)20-4)9-8(11(18)21-6-2)10(14)17-7(3)16-9/h11,18H,5-6H2,1-4H3. The Balaban J connectivity index is 3.55. The van der Waals surface area contributed by atoms with Gasteiger partial charge in [0.1, 0.15) is 16.7 Å². The lowest BCUT2D eigenvalue weighted by Crippen LogP contribution is -2.35. The summed E-state index contributed by atoms with van der Waals surface area (Å²) in [4.78, 5) is 19.6. The lowest BCUT2D eigenvalue weighted by molar-refractivity contribution is -0.156. The summed E-state index contributed by atoms with van der Waals surface area (Å²) in [5, 5.41) is 9.81. The van der Waals surface area contributed by atoms with Crippen LogP contribution in [0, 0.1) is 6.92 Å². The number of hydrogen-bond acceptors (Lipinski definition) is 6. The molecule has 0 aliphatic carbocycles. The fraction of sp³-hybridized carbons (Fsp3) is 0.615. The first kappa shape index (κ1) is 17.7. The van der Waals surface area contributed by atoms with Gasteiger partial charge in [-0.25, -0.2) is 19.2 Å². The van der Waals surface area contributed by atoms with Crippen LogP contribution in [-0.4, -0.2) is 34.8 Å². The molecule has 2 unspecified atom stereocenters. The maximum Gasteiger partial charge on any atom is 0.350 e. The Morgan fingerprint density at radius 1 is 1.48 bits per heavy atom. The molecular formula is C13H18ClFN2O4. The Morgan fingerprint density at radius 2 is 2.10 bits per heavy atom. The van der Waals surface area contributed by atoms with Crippen LogP contribution < -0.4 is 0 Å². The molecule has 0 bridgehead atoms. The van der Waals surface area contributed by atoms with E-state index in [2.05, 4.69) is 14.7 Å². The van der Waals surface area contributed by atoms with Gasteiger partial charge in [0.15, 0.2) is 6.29 Å². The lowest BCUT2D eigenvalue weighted by Gasteiger charge is -2.25. The second-order valence-electron chi connectivity index (χ2n) is 4.28. The molecule has 0 aliphatic rings. The minimum atomic E-state index is -2.54. The number of carbonyl (C=O) groups is 1. The number of hydrogen-bond donors (Lipinski definition) is 1. The topological polar surface area (TPSA) is 81.5 Å². The maximum absolute atomic E-state index is 15.1. The van der Waals surface area contributed by atoms with Crippen molar-refractivity contribution in [1.29, 1.82) is 0 Å². The normalized spacial score (nSPS) is 15.4. The van der Waals surface area contributed by atoms with Crippen LogP contribution in [0.2, 0.25) is 5.15 Å². The number of esters is 1. The third-order valence-electron chi connectivity index (χ3n) is 2.95. The summed E-state index contributed by atoms with van der Waals surface area (Å²) in [6.45, 7) is 4.77. The number of aliphatic hydroxyl groups is 1. The molecule has 0 saturated carbocycles. The molecule has 2 atom stereocenters. The number of methoxy groups -OCH3 is 1. The van der Waals surface area contributed by atoms with Crippen molar-refractivity contribution < 1.29 is 23.8 Å². The summed E-state index contributed by atoms with van der Waals surface area (Å²) < 4.78 is 24.6. The first-order chi connectivity index (χ1) is 9.81. The summed E-state index contributed by atoms with van der Waals surface area (Å²) >= 11 is 5.97. The highest BCUT2D eigenvalue weighted by Crippen LogP contribution is 2.37. The Labute approximate surface area is 127 Å². The van der Waals surface area contributed by atoms with Crippen molar-refractivity contribution >= 4 is 17.6 Å². The molecule has 6 nitrogen and oxygen atoms in total. The Morgan fingerprint density at radius 3 is 2.57 bits per heavy atom. The van der Waals surface area contributed by atoms with Gasteiger partial charge >= 0.3 is 5.97 Å². The van der Waals surface area contributed by atoms with Gasteiger partial charge in [0.05, 0.1) is 12.7 Å². The molecule has 1 aromatic rings. The van der Waals surface area contributed by atoms with E-state index >= 15 is 4.39 Å². The van der Waals surface area contributed by atoms with Crippen LogP contribution >= 0.6 is 11.6 Å². The maximum atomic E-state index is 15.1. The third-order valence-corrected chi connectivity index (χ3v) is 3.24. The van der Waals surface area contributed by atoms with Crippen LogP contribution in [-0.2, 0) is 19.9 Å². The van der Waals surface area contributed by atoms with E-state index in [-0.39, 0.29) is 35.3 Å². The SMILES string of the molecule is CCOC(O)c1c(Cl)nc(C)nc1C(F)(CC)C(=O)OC. The molecule has 1 rings (SSSR count). The lowest BCUT2D eigenvalue weighted by atomic mass is 9.94. The van der Waals surface area contributed by atoms with Crippen molar-refractivity contribution in [3.63, 3.8) is 0 Å². The Bertz CT molecular complexity index is 529. The van der Waals surface area contributed by atoms with E-state index in [0.717, 1.165) is 7.11 Å². The molecule has 0 aliphatic heterocycles. The Kier molecular flexibility index (Phi) is 6.00. The van der Waals surface area contributed by atoms with Gasteiger partial charge in [-0.1, -0.05) is 18.5 Å². The van der Waals surface area contributed by atoms with Gasteiger partial charge in [0, 0.05) is 6.61 Å². The van der Waals surface area contributed by atoms with Crippen molar-refractivity contribution in [2.75, 3.05) is 13.7 Å². The molecule has 0 spiro atoms. The van der Waals surface area contributed by atoms with Gasteiger partial charge in [0.2, 0.25) is 5.67 Å². The van der Waals surface area contributed by atoms with Gasteiger partial charge < -0.3 is 14.6 Å². The van der Waals surface area contributed by atoms with Crippen LogP contribution in [0.5, 0.6) is 0 Å². The zero-order chi connectivity index (χ0) is 16.2. The molecule has 1 aromatic heterocycles. The summed E-state index contributed by atoms with van der Waals surface area (Å²) in [5.74, 6) is -0.953. The number of carbonyl (C=O) groups excluding carboxylic acids is 1. The summed E-state index contributed by atoms with van der Waals surface area (Å²) in [6.07, 6.45) is -1.78. The summed E-state index contributed by atoms with van der Waals surface area (Å²) in [7, 11) is 1.07. The van der Waals surface area contributed by atoms with Crippen molar-refractivity contribution in [1.82, 2.24) is 9.97 Å². The average Bonchev–Trinajstić information content (AvgIpc) is 2.44. The molecule has 1 N–H and O–H groups in total. The number of halogens is 2. The molecule has 1 heterocycles. The van der Waals surface area contributed by atoms with Crippen LogP contribution in [0.15, 0.2) is 0 Å². The van der Waals surface area contributed by atoms with Crippen LogP contribution in [0.3, 0.4) is 0 Å². The van der Waals surface area contributed by atoms with E-state index in [1.165, 1.54) is 13.8 Å². The van der Waals surface area contributed by atoms with Crippen molar-refractivity contribution in [2.45, 2.75) is 39.2 Å². The predicted octanol–water partition coefficient (Wildman–Crippen LogP) is 2.21. The smallest absolute Gasteiger partial charge is 0.350 e. The van der Waals surface area contributed by atoms with E-state index < -0.39 is 17.9 Å². The van der Waals surface area contributed by atoms with E-state index in [4.69, 9.17) is 16.3 Å². The molecule has 8 heteroatoms. The minimum absolute atomic E-state index is 0.161. The molecule has 0 fully saturated rings. The predicted molar refractivity (Wildman–Crippen MR) is 73.5 cm³/mol. The molecule has 0 amide bonds. The zero-order valence-corrected chi connectivity index (χ0v) is 13.1. The second kappa shape index (κ2) is 7.11. The van der Waals surface area contributed by atoms with Crippen molar-refractivity contribution in [3.8, 4) is 0 Å². The number of alkyl halides is 1. The highest BCUT2D eigenvalue weighted by molar-refractivity contribution is 6.30. The zero-order valence-electron chi connectivity index (χ0n) is 12.3. The van der Waals surface area contributed by atoms with E-state index in [1.54, 1.807) is 6.92 Å². The second-order valence-corrected chi connectivity index (χ2v) is 4.64. The summed E-state index contributed by atoms with van der Waals surface area (Å²) in [5.41, 5.74) is -3.05. The number of aliphatic hydroxyl groups excluding tert-OH is 1. The number of aromatic nitrogens is 2. The molecular weight excluding hydrogens is 303 g/mol. The number of nitrogens with zero attached hydrogens (tertiary/aromatic N) is 2. The molecule has 0 radical (unpaired) electrons. The fourth-order valence-corrected chi connectivity index (χ4v) is 2.18. The molecule has 118 valence electrons. The average molecular weight is 321 g/mol. The van der Waals surface area contributed by atoms with Gasteiger partial charge in [-0.2, -0.15) is 0 Å². The highest BCUT2D eigenvalue weighted by Gasteiger charge is 2.45. The van der Waals surface area contributed by atoms with Gasteiger partial charge in [-0.15, -0.1) is 0 Å². The van der Waals surface area contributed by atoms with Crippen LogP contribution in [0.25, 0.3) is 0 Å².